The fourth-order valence-electron chi connectivity index (χ4n) is 8.39. The average molecular weight is 851 g/mol. The van der Waals surface area contributed by atoms with Gasteiger partial charge in [-0.3, -0.25) is 0 Å². The van der Waals surface area contributed by atoms with E-state index in [1.807, 2.05) is 0 Å². The van der Waals surface area contributed by atoms with Crippen LogP contribution in [-0.4, -0.2) is 14.7 Å². The van der Waals surface area contributed by atoms with Gasteiger partial charge in [0.15, 0.2) is 0 Å². The fraction of sp³-hybridized carbons (Fsp3) is 0.680. The summed E-state index contributed by atoms with van der Waals surface area (Å²) in [5.41, 5.74) is 10.6. The molecule has 0 aliphatic carbocycles. The van der Waals surface area contributed by atoms with Crippen molar-refractivity contribution in [1.29, 1.82) is 0 Å². The van der Waals surface area contributed by atoms with Gasteiger partial charge < -0.3 is 4.74 Å². The normalized spacial score (nSPS) is 11.5. The Hall–Kier alpha value is -1.69. The molecular weight excluding hydrogens is 772 g/mol. The van der Waals surface area contributed by atoms with Crippen molar-refractivity contribution in [3.8, 4) is 29.1 Å². The van der Waals surface area contributed by atoms with E-state index in [2.05, 4.69) is 138 Å². The molecule has 0 saturated carbocycles. The zero-order valence-electron chi connectivity index (χ0n) is 35.7. The molecule has 0 heterocycles. The van der Waals surface area contributed by atoms with Gasteiger partial charge in [0.1, 0.15) is 13.8 Å². The lowest BCUT2D eigenvalue weighted by Crippen LogP contribution is -2.43. The molecule has 2 aromatic rings. The number of hydrogen-bond acceptors (Lipinski definition) is 1. The summed E-state index contributed by atoms with van der Waals surface area (Å²) in [6, 6.07) is 13.1. The average Bonchev–Trinajstić information content (AvgIpc) is 3.11. The molecule has 0 bridgehead atoms. The molecule has 0 amide bonds. The van der Waals surface area contributed by atoms with Crippen LogP contribution in [0.5, 0.6) is 5.75 Å². The molecule has 1 nitrogen and oxygen atoms in total. The highest BCUT2D eigenvalue weighted by Gasteiger charge is 2.41. The number of benzene rings is 2. The first-order valence-electron chi connectivity index (χ1n) is 22.1. The molecule has 0 N–H and O–H groups in total. The number of halogens is 1. The Labute approximate surface area is 344 Å². The zero-order valence-corrected chi connectivity index (χ0v) is 38.9. The van der Waals surface area contributed by atoms with Gasteiger partial charge in [-0.1, -0.05) is 181 Å². The fourth-order valence-corrected chi connectivity index (χ4v) is 14.5. The summed E-state index contributed by atoms with van der Waals surface area (Å²) in [4.78, 5) is 0. The van der Waals surface area contributed by atoms with E-state index in [4.69, 9.17) is 4.74 Å². The Morgan fingerprint density at radius 2 is 0.849 bits per heavy atom. The maximum absolute atomic E-state index is 6.09. The van der Waals surface area contributed by atoms with Gasteiger partial charge in [0, 0.05) is 21.1 Å². The Kier molecular flexibility index (Phi) is 25.7. The van der Waals surface area contributed by atoms with Crippen LogP contribution in [0, 0.1) is 40.7 Å². The standard InChI is InChI=1S/C50H79IOSi/c1-42(2)53(43(3)4,44(5)6)39-37-48-35-33-47(34-36-48)32-30-28-26-24-22-20-18-16-14-12-10-9-11-13-15-17-19-21-23-25-27-29-31-38-52-50-45(7)40-49(51)41-46(50)8/h33-36,40-44H,9-29,31,38H2,1-8H3. The molecule has 0 aromatic heterocycles. The quantitative estimate of drug-likeness (QED) is 0.0377. The number of ether oxygens (including phenoxy) is 1. The third-order valence-corrected chi connectivity index (χ3v) is 18.4. The second-order valence-electron chi connectivity index (χ2n) is 16.9. The highest BCUT2D eigenvalue weighted by atomic mass is 127. The van der Waals surface area contributed by atoms with Crippen molar-refractivity contribution in [2.24, 2.45) is 0 Å². The molecule has 53 heavy (non-hydrogen) atoms. The van der Waals surface area contributed by atoms with Gasteiger partial charge in [0.25, 0.3) is 0 Å². The highest BCUT2D eigenvalue weighted by Crippen LogP contribution is 2.40. The first-order chi connectivity index (χ1) is 25.6. The van der Waals surface area contributed by atoms with Crippen LogP contribution >= 0.6 is 22.6 Å². The van der Waals surface area contributed by atoms with Gasteiger partial charge in [-0.05, 0) is 113 Å². The second kappa shape index (κ2) is 28.7. The van der Waals surface area contributed by atoms with Crippen LogP contribution in [0.2, 0.25) is 16.6 Å². The van der Waals surface area contributed by atoms with Gasteiger partial charge in [-0.2, -0.15) is 0 Å². The van der Waals surface area contributed by atoms with E-state index in [0.717, 1.165) is 29.9 Å². The third-order valence-electron chi connectivity index (χ3n) is 11.5. The number of unbranched alkanes of at least 4 members (excludes halogenated alkanes) is 21. The molecule has 0 fully saturated rings. The second-order valence-corrected chi connectivity index (χ2v) is 23.7. The van der Waals surface area contributed by atoms with Crippen molar-refractivity contribution >= 4 is 30.7 Å². The summed E-state index contributed by atoms with van der Waals surface area (Å²) in [7, 11) is -1.69. The van der Waals surface area contributed by atoms with Crippen molar-refractivity contribution in [3.05, 3.63) is 62.2 Å². The molecule has 296 valence electrons. The van der Waals surface area contributed by atoms with E-state index in [0.29, 0.717) is 16.6 Å². The summed E-state index contributed by atoms with van der Waals surface area (Å²) in [6.07, 6.45) is 30.2. The van der Waals surface area contributed by atoms with Gasteiger partial charge in [0.2, 0.25) is 0 Å². The predicted octanol–water partition coefficient (Wildman–Crippen LogP) is 16.5. The number of rotatable bonds is 27. The SMILES string of the molecule is Cc1cc(I)cc(C)c1OCCCCCCCCCCCCCCCCCCCCCCCC#Cc1ccc(C#C[Si](C(C)C)(C(C)C)C(C)C)cc1. The summed E-state index contributed by atoms with van der Waals surface area (Å²) >= 11 is 2.38. The lowest BCUT2D eigenvalue weighted by atomic mass is 10.0. The first kappa shape index (κ1) is 47.5. The van der Waals surface area contributed by atoms with E-state index >= 15 is 0 Å². The van der Waals surface area contributed by atoms with Crippen LogP contribution in [0.1, 0.15) is 205 Å². The molecule has 0 aliphatic rings. The topological polar surface area (TPSA) is 9.23 Å². The Morgan fingerprint density at radius 3 is 1.23 bits per heavy atom. The van der Waals surface area contributed by atoms with Crippen LogP contribution in [0.25, 0.3) is 0 Å². The molecule has 2 aromatic carbocycles. The van der Waals surface area contributed by atoms with E-state index in [1.54, 1.807) is 0 Å². The molecule has 0 radical (unpaired) electrons. The number of hydrogen-bond donors (Lipinski definition) is 0. The molecule has 0 unspecified atom stereocenters. The minimum Gasteiger partial charge on any atom is -0.493 e. The molecule has 3 heteroatoms. The summed E-state index contributed by atoms with van der Waals surface area (Å²) < 4.78 is 7.38. The van der Waals surface area contributed by atoms with Crippen LogP contribution in [-0.2, 0) is 0 Å². The third kappa shape index (κ3) is 19.6. The van der Waals surface area contributed by atoms with E-state index in [1.165, 1.54) is 150 Å². The van der Waals surface area contributed by atoms with Crippen LogP contribution in [0.15, 0.2) is 36.4 Å². The van der Waals surface area contributed by atoms with Crippen molar-refractivity contribution in [1.82, 2.24) is 0 Å². The lowest BCUT2D eigenvalue weighted by Gasteiger charge is -2.38. The van der Waals surface area contributed by atoms with Crippen molar-refractivity contribution in [2.75, 3.05) is 6.61 Å². The van der Waals surface area contributed by atoms with E-state index in [-0.39, 0.29) is 0 Å². The molecule has 0 spiro atoms. The number of aryl methyl sites for hydroxylation is 2. The summed E-state index contributed by atoms with van der Waals surface area (Å²) in [5, 5.41) is 0. The lowest BCUT2D eigenvalue weighted by molar-refractivity contribution is 0.300. The van der Waals surface area contributed by atoms with Crippen LogP contribution in [0.3, 0.4) is 0 Å². The van der Waals surface area contributed by atoms with Crippen LogP contribution in [0.4, 0.5) is 0 Å². The van der Waals surface area contributed by atoms with Gasteiger partial charge in [0.05, 0.1) is 6.61 Å². The van der Waals surface area contributed by atoms with Crippen molar-refractivity contribution in [3.63, 3.8) is 0 Å². The van der Waals surface area contributed by atoms with Crippen LogP contribution < -0.4 is 4.74 Å². The minimum atomic E-state index is -1.69. The minimum absolute atomic E-state index is 0.665. The summed E-state index contributed by atoms with van der Waals surface area (Å²) in [5.74, 6) is 11.4. The maximum Gasteiger partial charge on any atom is 0.146 e. The summed E-state index contributed by atoms with van der Waals surface area (Å²) in [6.45, 7) is 19.4. The predicted molar refractivity (Wildman–Crippen MR) is 247 cm³/mol. The van der Waals surface area contributed by atoms with Gasteiger partial charge >= 0.3 is 0 Å². The molecule has 0 aliphatic heterocycles. The zero-order chi connectivity index (χ0) is 38.7. The van der Waals surface area contributed by atoms with E-state index < -0.39 is 8.07 Å². The molecular formula is C50H79IOSi. The Balaban J connectivity index is 1.34. The van der Waals surface area contributed by atoms with Crippen molar-refractivity contribution < 1.29 is 4.74 Å². The van der Waals surface area contributed by atoms with Crippen molar-refractivity contribution in [2.45, 2.75) is 213 Å². The smallest absolute Gasteiger partial charge is 0.146 e. The molecule has 0 saturated heterocycles. The van der Waals surface area contributed by atoms with Gasteiger partial charge in [-0.25, -0.2) is 0 Å². The monoisotopic (exact) mass is 850 g/mol. The van der Waals surface area contributed by atoms with E-state index in [9.17, 15) is 0 Å². The largest absolute Gasteiger partial charge is 0.493 e. The Bertz CT molecular complexity index is 1320. The van der Waals surface area contributed by atoms with Gasteiger partial charge in [-0.15, -0.1) is 5.54 Å². The maximum atomic E-state index is 6.09. The molecule has 0 atom stereocenters. The highest BCUT2D eigenvalue weighted by molar-refractivity contribution is 14.1. The Morgan fingerprint density at radius 1 is 0.509 bits per heavy atom. The first-order valence-corrected chi connectivity index (χ1v) is 25.4. The molecule has 2 rings (SSSR count).